The molecule has 0 fully saturated rings. The summed E-state index contributed by atoms with van der Waals surface area (Å²) in [5.41, 5.74) is 8.82. The number of hydrogen-bond donors (Lipinski definition) is 1. The Labute approximate surface area is 167 Å². The van der Waals surface area contributed by atoms with Crippen molar-refractivity contribution < 1.29 is 14.3 Å². The normalized spacial score (nSPS) is 15.2. The Bertz CT molecular complexity index is 1070. The molecular weight excluding hydrogens is 376 g/mol. The van der Waals surface area contributed by atoms with Crippen LogP contribution in [0.15, 0.2) is 72.8 Å². The number of carbonyl (C=O) groups excluding carboxylic acids is 2. The number of amides is 2. The summed E-state index contributed by atoms with van der Waals surface area (Å²) in [6, 6.07) is 20.9. The third kappa shape index (κ3) is 3.21. The number of para-hydroxylation sites is 2. The van der Waals surface area contributed by atoms with Crippen molar-refractivity contribution in [3.63, 3.8) is 0 Å². The van der Waals surface area contributed by atoms with E-state index < -0.39 is 18.1 Å². The molecule has 0 saturated heterocycles. The number of primary amides is 1. The van der Waals surface area contributed by atoms with Gasteiger partial charge in [0.25, 0.3) is 0 Å². The lowest BCUT2D eigenvalue weighted by molar-refractivity contribution is 0.0301. The summed E-state index contributed by atoms with van der Waals surface area (Å²) in [5, 5.41) is 0.327. The summed E-state index contributed by atoms with van der Waals surface area (Å²) in [4.78, 5) is 26.5. The fourth-order valence-electron chi connectivity index (χ4n) is 3.47. The van der Waals surface area contributed by atoms with Gasteiger partial charge in [0.2, 0.25) is 0 Å². The number of esters is 1. The average Bonchev–Trinajstić information content (AvgIpc) is 2.82. The van der Waals surface area contributed by atoms with Crippen molar-refractivity contribution in [1.29, 1.82) is 0 Å². The summed E-state index contributed by atoms with van der Waals surface area (Å²) < 4.78 is 5.85. The number of rotatable bonds is 2. The van der Waals surface area contributed by atoms with Gasteiger partial charge in [0, 0.05) is 12.0 Å². The first-order valence-corrected chi connectivity index (χ1v) is 9.16. The van der Waals surface area contributed by atoms with Gasteiger partial charge in [-0.25, -0.2) is 9.59 Å². The highest BCUT2D eigenvalue weighted by atomic mass is 35.5. The van der Waals surface area contributed by atoms with Crippen LogP contribution in [0.2, 0.25) is 5.02 Å². The van der Waals surface area contributed by atoms with Crippen molar-refractivity contribution in [3.05, 3.63) is 94.5 Å². The molecule has 5 nitrogen and oxygen atoms in total. The van der Waals surface area contributed by atoms with Gasteiger partial charge >= 0.3 is 12.0 Å². The van der Waals surface area contributed by atoms with E-state index in [0.717, 1.165) is 5.56 Å². The zero-order valence-corrected chi connectivity index (χ0v) is 15.6. The molecule has 3 aromatic rings. The number of nitrogens with zero attached hydrogens (tertiary/aromatic N) is 1. The Balaban J connectivity index is 1.80. The molecule has 28 heavy (non-hydrogen) atoms. The predicted molar refractivity (Wildman–Crippen MR) is 108 cm³/mol. The maximum atomic E-state index is 12.8. The minimum Gasteiger partial charge on any atom is -0.453 e. The Morgan fingerprint density at radius 3 is 2.32 bits per heavy atom. The summed E-state index contributed by atoms with van der Waals surface area (Å²) in [5.74, 6) is -0.518. The van der Waals surface area contributed by atoms with Crippen molar-refractivity contribution in [2.45, 2.75) is 12.5 Å². The van der Waals surface area contributed by atoms with Gasteiger partial charge in [0.15, 0.2) is 0 Å². The Hall–Kier alpha value is -3.31. The van der Waals surface area contributed by atoms with Gasteiger partial charge in [-0.1, -0.05) is 60.1 Å². The third-order valence-electron chi connectivity index (χ3n) is 4.73. The molecular formula is C22H17ClN2O3. The number of carbonyl (C=O) groups is 2. The van der Waals surface area contributed by atoms with Gasteiger partial charge in [0.1, 0.15) is 6.10 Å². The van der Waals surface area contributed by atoms with E-state index in [4.69, 9.17) is 22.1 Å². The molecule has 1 aliphatic heterocycles. The quantitative estimate of drug-likeness (QED) is 0.623. The van der Waals surface area contributed by atoms with Crippen LogP contribution in [-0.4, -0.2) is 12.0 Å². The standard InChI is InChI=1S/C22H17ClN2O3/c23-17-10-4-2-8-15(17)21(26)28-20-13-14-7-1-5-11-18(14)25(22(24)27)19-12-6-3-9-16(19)20/h1-12,20H,13H2,(H2,24,27). The molecule has 0 aliphatic carbocycles. The van der Waals surface area contributed by atoms with Gasteiger partial charge in [-0.3, -0.25) is 4.90 Å². The monoisotopic (exact) mass is 392 g/mol. The van der Waals surface area contributed by atoms with Crippen LogP contribution in [0.4, 0.5) is 16.2 Å². The number of ether oxygens (including phenoxy) is 1. The molecule has 0 aromatic heterocycles. The largest absolute Gasteiger partial charge is 0.453 e. The van der Waals surface area contributed by atoms with Crippen molar-refractivity contribution in [1.82, 2.24) is 0 Å². The van der Waals surface area contributed by atoms with Gasteiger partial charge in [-0.05, 0) is 29.8 Å². The predicted octanol–water partition coefficient (Wildman–Crippen LogP) is 5.01. The SMILES string of the molecule is NC(=O)N1c2ccccc2CC(OC(=O)c2ccccc2Cl)c2ccccc21. The molecule has 2 N–H and O–H groups in total. The molecule has 1 atom stereocenters. The third-order valence-corrected chi connectivity index (χ3v) is 5.06. The van der Waals surface area contributed by atoms with Crippen LogP contribution in [0.3, 0.4) is 0 Å². The first kappa shape index (κ1) is 18.1. The van der Waals surface area contributed by atoms with Crippen molar-refractivity contribution in [2.75, 3.05) is 4.90 Å². The molecule has 140 valence electrons. The number of nitrogens with two attached hydrogens (primary N) is 1. The number of benzene rings is 3. The zero-order chi connectivity index (χ0) is 19.7. The van der Waals surface area contributed by atoms with E-state index in [2.05, 4.69) is 0 Å². The zero-order valence-electron chi connectivity index (χ0n) is 14.8. The van der Waals surface area contributed by atoms with E-state index >= 15 is 0 Å². The van der Waals surface area contributed by atoms with Gasteiger partial charge in [-0.15, -0.1) is 0 Å². The Kier molecular flexibility index (Phi) is 4.75. The number of hydrogen-bond acceptors (Lipinski definition) is 3. The van der Waals surface area contributed by atoms with Crippen LogP contribution in [-0.2, 0) is 11.2 Å². The van der Waals surface area contributed by atoms with Crippen LogP contribution in [0.5, 0.6) is 0 Å². The highest BCUT2D eigenvalue weighted by Gasteiger charge is 2.31. The first-order chi connectivity index (χ1) is 13.6. The first-order valence-electron chi connectivity index (χ1n) is 8.78. The number of urea groups is 1. The second-order valence-electron chi connectivity index (χ2n) is 6.44. The highest BCUT2D eigenvalue weighted by Crippen LogP contribution is 2.41. The van der Waals surface area contributed by atoms with Crippen molar-refractivity contribution >= 4 is 35.0 Å². The molecule has 0 saturated carbocycles. The molecule has 3 aromatic carbocycles. The topological polar surface area (TPSA) is 72.6 Å². The number of anilines is 2. The lowest BCUT2D eigenvalue weighted by Gasteiger charge is -2.23. The molecule has 0 radical (unpaired) electrons. The minimum atomic E-state index is -0.599. The molecule has 1 unspecified atom stereocenters. The summed E-state index contributed by atoms with van der Waals surface area (Å²) in [6.07, 6.45) is -0.182. The maximum absolute atomic E-state index is 12.8. The number of halogens is 1. The second-order valence-corrected chi connectivity index (χ2v) is 6.85. The van der Waals surface area contributed by atoms with E-state index in [1.165, 1.54) is 4.90 Å². The van der Waals surface area contributed by atoms with Gasteiger partial charge in [-0.2, -0.15) is 0 Å². The van der Waals surface area contributed by atoms with E-state index in [0.29, 0.717) is 33.9 Å². The van der Waals surface area contributed by atoms with E-state index in [1.807, 2.05) is 42.5 Å². The van der Waals surface area contributed by atoms with E-state index in [9.17, 15) is 9.59 Å². The minimum absolute atomic E-state index is 0.297. The van der Waals surface area contributed by atoms with Gasteiger partial charge in [0.05, 0.1) is 22.0 Å². The van der Waals surface area contributed by atoms with Crippen LogP contribution < -0.4 is 10.6 Å². The molecule has 2 amide bonds. The Morgan fingerprint density at radius 1 is 0.929 bits per heavy atom. The van der Waals surface area contributed by atoms with E-state index in [1.54, 1.807) is 30.3 Å². The molecule has 1 aliphatic rings. The lowest BCUT2D eigenvalue weighted by Crippen LogP contribution is -2.32. The second kappa shape index (κ2) is 7.37. The van der Waals surface area contributed by atoms with Crippen LogP contribution in [0.25, 0.3) is 0 Å². The summed E-state index contributed by atoms with van der Waals surface area (Å²) in [6.45, 7) is 0. The van der Waals surface area contributed by atoms with E-state index in [-0.39, 0.29) is 0 Å². The van der Waals surface area contributed by atoms with Crippen molar-refractivity contribution in [2.24, 2.45) is 5.73 Å². The number of fused-ring (bicyclic) bond motifs is 2. The molecule has 4 rings (SSSR count). The summed E-state index contributed by atoms with van der Waals surface area (Å²) >= 11 is 6.14. The fourth-order valence-corrected chi connectivity index (χ4v) is 3.68. The van der Waals surface area contributed by atoms with Crippen LogP contribution in [0.1, 0.15) is 27.6 Å². The van der Waals surface area contributed by atoms with Crippen LogP contribution in [0, 0.1) is 0 Å². The smallest absolute Gasteiger partial charge is 0.340 e. The maximum Gasteiger partial charge on any atom is 0.340 e. The molecule has 0 spiro atoms. The molecule has 0 bridgehead atoms. The lowest BCUT2D eigenvalue weighted by atomic mass is 10.0. The average molecular weight is 393 g/mol. The van der Waals surface area contributed by atoms with Gasteiger partial charge < -0.3 is 10.5 Å². The summed E-state index contributed by atoms with van der Waals surface area (Å²) in [7, 11) is 0. The van der Waals surface area contributed by atoms with Crippen molar-refractivity contribution in [3.8, 4) is 0 Å². The highest BCUT2D eigenvalue weighted by molar-refractivity contribution is 6.33. The fraction of sp³-hybridized carbons (Fsp3) is 0.0909. The Morgan fingerprint density at radius 2 is 1.57 bits per heavy atom. The van der Waals surface area contributed by atoms with Crippen LogP contribution >= 0.6 is 11.6 Å². The molecule has 6 heteroatoms. The molecule has 1 heterocycles.